The molecule has 1 atom stereocenters. The van der Waals surface area contributed by atoms with E-state index >= 15 is 0 Å². The molecule has 1 N–H and O–H groups in total. The number of carboxylic acids is 1. The van der Waals surface area contributed by atoms with E-state index in [4.69, 9.17) is 13.6 Å². The SMILES string of the molecule is Cc1oc(-c2ccco2)nc1CCOc1ccc2c(c1)CN(S(=O)(=O)Cc1ccccc1)C(C(=O)O)C2. The van der Waals surface area contributed by atoms with Gasteiger partial charge in [0.25, 0.3) is 5.89 Å². The van der Waals surface area contributed by atoms with Crippen molar-refractivity contribution >= 4 is 16.0 Å². The number of sulfonamides is 1. The Morgan fingerprint density at radius 2 is 1.95 bits per heavy atom. The molecule has 0 amide bonds. The van der Waals surface area contributed by atoms with Crippen molar-refractivity contribution in [1.82, 2.24) is 9.29 Å². The van der Waals surface area contributed by atoms with Crippen LogP contribution < -0.4 is 4.74 Å². The van der Waals surface area contributed by atoms with E-state index in [2.05, 4.69) is 4.98 Å². The predicted octanol–water partition coefficient (Wildman–Crippen LogP) is 4.21. The standard InChI is InChI=1S/C27H26N2O7S/c1-18-23(28-26(36-18)25-8-5-12-35-25)11-13-34-22-10-9-20-15-24(27(30)31)29(16-21(20)14-22)37(32,33)17-19-6-3-2-4-7-19/h2-10,12,14,24H,11,13,15-17H2,1H3,(H,30,31). The minimum absolute atomic E-state index is 0.0342. The molecule has 2 aromatic heterocycles. The van der Waals surface area contributed by atoms with Crippen LogP contribution in [0.5, 0.6) is 5.75 Å². The molecule has 9 nitrogen and oxygen atoms in total. The molecule has 0 radical (unpaired) electrons. The van der Waals surface area contributed by atoms with Gasteiger partial charge < -0.3 is 18.7 Å². The first-order chi connectivity index (χ1) is 17.8. The van der Waals surface area contributed by atoms with E-state index in [1.807, 2.05) is 6.92 Å². The largest absolute Gasteiger partial charge is 0.493 e. The van der Waals surface area contributed by atoms with Gasteiger partial charge in [0.15, 0.2) is 5.76 Å². The van der Waals surface area contributed by atoms with Crippen LogP contribution in [0.4, 0.5) is 0 Å². The highest BCUT2D eigenvalue weighted by Gasteiger charge is 2.39. The zero-order valence-electron chi connectivity index (χ0n) is 20.2. The second kappa shape index (κ2) is 10.2. The van der Waals surface area contributed by atoms with Gasteiger partial charge in [-0.25, -0.2) is 13.4 Å². The first kappa shape index (κ1) is 24.8. The molecule has 0 saturated heterocycles. The number of aromatic nitrogens is 1. The number of fused-ring (bicyclic) bond motifs is 1. The summed E-state index contributed by atoms with van der Waals surface area (Å²) in [6, 6.07) is 16.5. The van der Waals surface area contributed by atoms with Crippen molar-refractivity contribution in [2.75, 3.05) is 6.61 Å². The summed E-state index contributed by atoms with van der Waals surface area (Å²) < 4.78 is 44.5. The predicted molar refractivity (Wildman–Crippen MR) is 134 cm³/mol. The number of ether oxygens (including phenoxy) is 1. The summed E-state index contributed by atoms with van der Waals surface area (Å²) in [5.74, 6) is 0.784. The molecule has 0 aliphatic carbocycles. The number of nitrogens with zero attached hydrogens (tertiary/aromatic N) is 2. The summed E-state index contributed by atoms with van der Waals surface area (Å²) in [6.45, 7) is 2.13. The molecule has 3 heterocycles. The number of furan rings is 1. The van der Waals surface area contributed by atoms with E-state index in [0.717, 1.165) is 21.1 Å². The zero-order valence-corrected chi connectivity index (χ0v) is 21.0. The van der Waals surface area contributed by atoms with Gasteiger partial charge in [-0.05, 0) is 47.9 Å². The monoisotopic (exact) mass is 522 g/mol. The Hall–Kier alpha value is -3.89. The number of oxazole rings is 1. The molecule has 192 valence electrons. The van der Waals surface area contributed by atoms with Crippen molar-refractivity contribution in [3.8, 4) is 17.4 Å². The Kier molecular flexibility index (Phi) is 6.86. The van der Waals surface area contributed by atoms with Crippen LogP contribution in [-0.2, 0) is 40.0 Å². The molecule has 0 saturated carbocycles. The highest BCUT2D eigenvalue weighted by atomic mass is 32.2. The fourth-order valence-corrected chi connectivity index (χ4v) is 6.10. The number of aliphatic carboxylic acids is 1. The van der Waals surface area contributed by atoms with E-state index < -0.39 is 22.0 Å². The van der Waals surface area contributed by atoms with Gasteiger partial charge in [-0.2, -0.15) is 4.31 Å². The van der Waals surface area contributed by atoms with Crippen LogP contribution in [0.15, 0.2) is 75.8 Å². The summed E-state index contributed by atoms with van der Waals surface area (Å²) >= 11 is 0. The first-order valence-corrected chi connectivity index (χ1v) is 13.4. The van der Waals surface area contributed by atoms with Crippen LogP contribution in [0.1, 0.15) is 28.1 Å². The highest BCUT2D eigenvalue weighted by Crippen LogP contribution is 2.30. The molecule has 37 heavy (non-hydrogen) atoms. The summed E-state index contributed by atoms with van der Waals surface area (Å²) in [5.41, 5.74) is 2.88. The lowest BCUT2D eigenvalue weighted by atomic mass is 9.95. The molecule has 1 aliphatic heterocycles. The number of benzene rings is 2. The van der Waals surface area contributed by atoms with Gasteiger partial charge in [-0.15, -0.1) is 0 Å². The Morgan fingerprint density at radius 1 is 1.14 bits per heavy atom. The van der Waals surface area contributed by atoms with Gasteiger partial charge in [-0.1, -0.05) is 36.4 Å². The van der Waals surface area contributed by atoms with Gasteiger partial charge >= 0.3 is 5.97 Å². The molecular formula is C27H26N2O7S. The van der Waals surface area contributed by atoms with Crippen molar-refractivity contribution in [3.05, 3.63) is 95.1 Å². The Balaban J connectivity index is 1.29. The molecule has 0 bridgehead atoms. The normalized spacial score (nSPS) is 15.9. The number of hydrogen-bond donors (Lipinski definition) is 1. The van der Waals surface area contributed by atoms with E-state index in [9.17, 15) is 18.3 Å². The van der Waals surface area contributed by atoms with E-state index in [1.54, 1.807) is 66.9 Å². The van der Waals surface area contributed by atoms with Gasteiger partial charge in [0.05, 0.1) is 24.3 Å². The third-order valence-corrected chi connectivity index (χ3v) is 8.13. The van der Waals surface area contributed by atoms with Crippen molar-refractivity contribution < 1.29 is 31.9 Å². The summed E-state index contributed by atoms with van der Waals surface area (Å²) in [6.07, 6.45) is 2.15. The second-order valence-electron chi connectivity index (χ2n) is 8.87. The van der Waals surface area contributed by atoms with E-state index in [0.29, 0.717) is 41.8 Å². The molecule has 2 aromatic carbocycles. The van der Waals surface area contributed by atoms with Crippen LogP contribution in [0, 0.1) is 6.92 Å². The van der Waals surface area contributed by atoms with Crippen LogP contribution >= 0.6 is 0 Å². The van der Waals surface area contributed by atoms with Gasteiger partial charge in [0, 0.05) is 19.4 Å². The van der Waals surface area contributed by atoms with Crippen molar-refractivity contribution in [3.63, 3.8) is 0 Å². The summed E-state index contributed by atoms with van der Waals surface area (Å²) in [4.78, 5) is 16.5. The third-order valence-electron chi connectivity index (χ3n) is 6.33. The highest BCUT2D eigenvalue weighted by molar-refractivity contribution is 7.88. The van der Waals surface area contributed by atoms with Crippen LogP contribution in [0.2, 0.25) is 0 Å². The average Bonchev–Trinajstić information content (AvgIpc) is 3.54. The molecule has 1 unspecified atom stereocenters. The van der Waals surface area contributed by atoms with Gasteiger partial charge in [0.1, 0.15) is 17.6 Å². The number of carboxylic acid groups (broad SMARTS) is 1. The molecule has 0 spiro atoms. The van der Waals surface area contributed by atoms with Crippen molar-refractivity contribution in [2.24, 2.45) is 0 Å². The Labute approximate surface area is 214 Å². The maximum atomic E-state index is 13.2. The summed E-state index contributed by atoms with van der Waals surface area (Å²) in [5, 5.41) is 9.78. The number of hydrogen-bond acceptors (Lipinski definition) is 7. The fraction of sp³-hybridized carbons (Fsp3) is 0.259. The third kappa shape index (κ3) is 5.45. The number of carbonyl (C=O) groups is 1. The molecule has 5 rings (SSSR count). The maximum Gasteiger partial charge on any atom is 0.322 e. The minimum atomic E-state index is -3.87. The molecular weight excluding hydrogens is 496 g/mol. The fourth-order valence-electron chi connectivity index (χ4n) is 4.43. The smallest absolute Gasteiger partial charge is 0.322 e. The van der Waals surface area contributed by atoms with Crippen LogP contribution in [-0.4, -0.2) is 41.4 Å². The van der Waals surface area contributed by atoms with Crippen molar-refractivity contribution in [1.29, 1.82) is 0 Å². The second-order valence-corrected chi connectivity index (χ2v) is 10.8. The molecule has 10 heteroatoms. The van der Waals surface area contributed by atoms with Crippen LogP contribution in [0.3, 0.4) is 0 Å². The molecule has 1 aliphatic rings. The maximum absolute atomic E-state index is 13.2. The van der Waals surface area contributed by atoms with E-state index in [1.165, 1.54) is 0 Å². The average molecular weight is 523 g/mol. The van der Waals surface area contributed by atoms with Crippen molar-refractivity contribution in [2.45, 2.75) is 38.1 Å². The summed E-state index contributed by atoms with van der Waals surface area (Å²) in [7, 11) is -3.87. The Morgan fingerprint density at radius 3 is 2.68 bits per heavy atom. The van der Waals surface area contributed by atoms with Crippen LogP contribution in [0.25, 0.3) is 11.7 Å². The molecule has 0 fully saturated rings. The minimum Gasteiger partial charge on any atom is -0.493 e. The quantitative estimate of drug-likeness (QED) is 0.347. The lowest BCUT2D eigenvalue weighted by molar-refractivity contribution is -0.141. The molecule has 4 aromatic rings. The number of aryl methyl sites for hydroxylation is 1. The topological polar surface area (TPSA) is 123 Å². The zero-order chi connectivity index (χ0) is 26.0. The Bertz CT molecular complexity index is 1500. The number of rotatable bonds is 9. The van der Waals surface area contributed by atoms with Gasteiger partial charge in [0.2, 0.25) is 10.0 Å². The van der Waals surface area contributed by atoms with E-state index in [-0.39, 0.29) is 18.7 Å². The first-order valence-electron chi connectivity index (χ1n) is 11.8. The lowest BCUT2D eigenvalue weighted by Crippen LogP contribution is -2.48. The lowest BCUT2D eigenvalue weighted by Gasteiger charge is -2.33. The van der Waals surface area contributed by atoms with Gasteiger partial charge in [-0.3, -0.25) is 4.79 Å².